The van der Waals surface area contributed by atoms with Crippen LogP contribution in [0.1, 0.15) is 18.9 Å². The summed E-state index contributed by atoms with van der Waals surface area (Å²) >= 11 is 1.62. The lowest BCUT2D eigenvalue weighted by Crippen LogP contribution is -2.26. The zero-order valence-corrected chi connectivity index (χ0v) is 10.1. The van der Waals surface area contributed by atoms with E-state index in [1.54, 1.807) is 11.8 Å². The largest absolute Gasteiger partial charge is 0.330 e. The van der Waals surface area contributed by atoms with E-state index in [1.807, 2.05) is 6.92 Å². The van der Waals surface area contributed by atoms with Gasteiger partial charge in [0.15, 0.2) is 0 Å². The van der Waals surface area contributed by atoms with Gasteiger partial charge in [-0.3, -0.25) is 4.79 Å². The molecule has 1 unspecified atom stereocenters. The van der Waals surface area contributed by atoms with E-state index < -0.39 is 0 Å². The zero-order valence-electron chi connectivity index (χ0n) is 9.32. The summed E-state index contributed by atoms with van der Waals surface area (Å²) in [4.78, 5) is 12.7. The molecule has 1 amide bonds. The lowest BCUT2D eigenvalue weighted by molar-refractivity contribution is -0.115. The minimum Gasteiger partial charge on any atom is -0.330 e. The fourth-order valence-corrected chi connectivity index (χ4v) is 2.65. The SMILES string of the molecule is CC1Sc2ccc(CCCN)cc2NC1=O. The molecule has 0 aromatic heterocycles. The first-order valence-corrected chi connectivity index (χ1v) is 6.39. The van der Waals surface area contributed by atoms with Crippen LogP contribution in [0, 0.1) is 0 Å². The number of aryl methyl sites for hydroxylation is 1. The van der Waals surface area contributed by atoms with Crippen molar-refractivity contribution in [2.24, 2.45) is 5.73 Å². The van der Waals surface area contributed by atoms with Crippen LogP contribution in [0.15, 0.2) is 23.1 Å². The molecule has 0 bridgehead atoms. The molecule has 1 atom stereocenters. The molecule has 1 aromatic rings. The minimum absolute atomic E-state index is 0.00221. The van der Waals surface area contributed by atoms with Crippen LogP contribution in [0.5, 0.6) is 0 Å². The predicted octanol–water partition coefficient (Wildman–Crippen LogP) is 2.01. The molecular weight excluding hydrogens is 220 g/mol. The number of amides is 1. The van der Waals surface area contributed by atoms with Gasteiger partial charge < -0.3 is 11.1 Å². The molecule has 0 saturated carbocycles. The summed E-state index contributed by atoms with van der Waals surface area (Å²) in [6, 6.07) is 6.26. The third-order valence-corrected chi connectivity index (χ3v) is 3.82. The van der Waals surface area contributed by atoms with Gasteiger partial charge in [-0.05, 0) is 44.0 Å². The number of hydrogen-bond acceptors (Lipinski definition) is 3. The fraction of sp³-hybridized carbons (Fsp3) is 0.417. The van der Waals surface area contributed by atoms with Gasteiger partial charge in [-0.2, -0.15) is 0 Å². The van der Waals surface area contributed by atoms with Gasteiger partial charge in [-0.25, -0.2) is 0 Å². The lowest BCUT2D eigenvalue weighted by atomic mass is 10.1. The molecule has 4 heteroatoms. The first-order chi connectivity index (χ1) is 7.70. The monoisotopic (exact) mass is 236 g/mol. The van der Waals surface area contributed by atoms with Crippen LogP contribution in [-0.2, 0) is 11.2 Å². The lowest BCUT2D eigenvalue weighted by Gasteiger charge is -2.21. The molecule has 0 radical (unpaired) electrons. The van der Waals surface area contributed by atoms with Gasteiger partial charge in [-0.1, -0.05) is 6.07 Å². The maximum Gasteiger partial charge on any atom is 0.237 e. The fourth-order valence-electron chi connectivity index (χ4n) is 1.72. The van der Waals surface area contributed by atoms with Crippen LogP contribution in [0.3, 0.4) is 0 Å². The average Bonchev–Trinajstić information content (AvgIpc) is 2.28. The summed E-state index contributed by atoms with van der Waals surface area (Å²) in [5.41, 5.74) is 7.66. The summed E-state index contributed by atoms with van der Waals surface area (Å²) < 4.78 is 0. The van der Waals surface area contributed by atoms with Crippen molar-refractivity contribution in [2.45, 2.75) is 29.9 Å². The summed E-state index contributed by atoms with van der Waals surface area (Å²) in [6.45, 7) is 2.63. The summed E-state index contributed by atoms with van der Waals surface area (Å²) in [7, 11) is 0. The molecule has 0 spiro atoms. The maximum atomic E-state index is 11.5. The van der Waals surface area contributed by atoms with Crippen molar-refractivity contribution in [1.82, 2.24) is 0 Å². The summed E-state index contributed by atoms with van der Waals surface area (Å²) in [5.74, 6) is 0.0912. The van der Waals surface area contributed by atoms with E-state index in [9.17, 15) is 4.79 Å². The number of nitrogens with one attached hydrogen (secondary N) is 1. The Kier molecular flexibility index (Phi) is 3.51. The smallest absolute Gasteiger partial charge is 0.237 e. The Hall–Kier alpha value is -1.00. The molecule has 1 heterocycles. The highest BCUT2D eigenvalue weighted by molar-refractivity contribution is 8.00. The van der Waals surface area contributed by atoms with E-state index in [4.69, 9.17) is 5.73 Å². The average molecular weight is 236 g/mol. The van der Waals surface area contributed by atoms with Crippen molar-refractivity contribution in [1.29, 1.82) is 0 Å². The second-order valence-corrected chi connectivity index (χ2v) is 5.35. The van der Waals surface area contributed by atoms with Gasteiger partial charge in [0.25, 0.3) is 0 Å². The minimum atomic E-state index is 0.00221. The molecule has 3 nitrogen and oxygen atoms in total. The summed E-state index contributed by atoms with van der Waals surface area (Å²) in [5, 5.41) is 2.94. The van der Waals surface area contributed by atoms with Gasteiger partial charge in [-0.15, -0.1) is 11.8 Å². The Morgan fingerprint density at radius 2 is 2.31 bits per heavy atom. The van der Waals surface area contributed by atoms with Gasteiger partial charge in [0.1, 0.15) is 0 Å². The Morgan fingerprint density at radius 3 is 3.06 bits per heavy atom. The highest BCUT2D eigenvalue weighted by Gasteiger charge is 2.22. The molecule has 0 saturated heterocycles. The van der Waals surface area contributed by atoms with Crippen molar-refractivity contribution in [3.05, 3.63) is 23.8 Å². The number of benzene rings is 1. The number of fused-ring (bicyclic) bond motifs is 1. The van der Waals surface area contributed by atoms with E-state index in [-0.39, 0.29) is 11.2 Å². The van der Waals surface area contributed by atoms with Crippen molar-refractivity contribution in [3.8, 4) is 0 Å². The van der Waals surface area contributed by atoms with Crippen molar-refractivity contribution in [3.63, 3.8) is 0 Å². The molecular formula is C12H16N2OS. The van der Waals surface area contributed by atoms with Crippen molar-refractivity contribution < 1.29 is 4.79 Å². The molecule has 1 aliphatic rings. The van der Waals surface area contributed by atoms with E-state index in [0.29, 0.717) is 6.54 Å². The standard InChI is InChI=1S/C12H16N2OS/c1-8-12(15)14-10-7-9(3-2-6-13)4-5-11(10)16-8/h4-5,7-8H,2-3,6,13H2,1H3,(H,14,15). The molecule has 86 valence electrons. The zero-order chi connectivity index (χ0) is 11.5. The number of anilines is 1. The van der Waals surface area contributed by atoms with Crippen LogP contribution >= 0.6 is 11.8 Å². The molecule has 0 fully saturated rings. The van der Waals surface area contributed by atoms with Crippen LogP contribution in [0.4, 0.5) is 5.69 Å². The second-order valence-electron chi connectivity index (χ2n) is 3.97. The molecule has 1 aromatic carbocycles. The topological polar surface area (TPSA) is 55.1 Å². The second kappa shape index (κ2) is 4.89. The number of thioether (sulfide) groups is 1. The van der Waals surface area contributed by atoms with Gasteiger partial charge in [0.2, 0.25) is 5.91 Å². The van der Waals surface area contributed by atoms with Crippen LogP contribution in [0.25, 0.3) is 0 Å². The highest BCUT2D eigenvalue weighted by atomic mass is 32.2. The van der Waals surface area contributed by atoms with Crippen LogP contribution < -0.4 is 11.1 Å². The van der Waals surface area contributed by atoms with Crippen LogP contribution in [-0.4, -0.2) is 17.7 Å². The van der Waals surface area contributed by atoms with Gasteiger partial charge >= 0.3 is 0 Å². The van der Waals surface area contributed by atoms with Crippen LogP contribution in [0.2, 0.25) is 0 Å². The quantitative estimate of drug-likeness (QED) is 0.844. The first-order valence-electron chi connectivity index (χ1n) is 5.51. The molecule has 0 aliphatic carbocycles. The Balaban J connectivity index is 2.19. The van der Waals surface area contributed by atoms with Crippen molar-refractivity contribution >= 4 is 23.4 Å². The Bertz CT molecular complexity index is 406. The highest BCUT2D eigenvalue weighted by Crippen LogP contribution is 2.35. The van der Waals surface area contributed by atoms with E-state index in [2.05, 4.69) is 23.5 Å². The van der Waals surface area contributed by atoms with Gasteiger partial charge in [0.05, 0.1) is 10.9 Å². The Morgan fingerprint density at radius 1 is 1.50 bits per heavy atom. The molecule has 16 heavy (non-hydrogen) atoms. The first kappa shape index (κ1) is 11.5. The van der Waals surface area contributed by atoms with Crippen molar-refractivity contribution in [2.75, 3.05) is 11.9 Å². The number of rotatable bonds is 3. The van der Waals surface area contributed by atoms with E-state index in [0.717, 1.165) is 23.4 Å². The normalized spacial score (nSPS) is 19.1. The molecule has 1 aliphatic heterocycles. The van der Waals surface area contributed by atoms with Gasteiger partial charge in [0, 0.05) is 4.90 Å². The summed E-state index contributed by atoms with van der Waals surface area (Å²) in [6.07, 6.45) is 1.95. The van der Waals surface area contributed by atoms with E-state index >= 15 is 0 Å². The van der Waals surface area contributed by atoms with E-state index in [1.165, 1.54) is 5.56 Å². The third-order valence-electron chi connectivity index (χ3n) is 2.64. The third kappa shape index (κ3) is 2.39. The maximum absolute atomic E-state index is 11.5. The molecule has 3 N–H and O–H groups in total. The predicted molar refractivity (Wildman–Crippen MR) is 67.8 cm³/mol. The number of nitrogens with two attached hydrogens (primary N) is 1. The number of hydrogen-bond donors (Lipinski definition) is 2. The number of carbonyl (C=O) groups is 1. The Labute approximate surface area is 99.8 Å². The molecule has 2 rings (SSSR count). The number of carbonyl (C=O) groups excluding carboxylic acids is 1.